The maximum absolute atomic E-state index is 10.8. The van der Waals surface area contributed by atoms with Gasteiger partial charge in [0.05, 0.1) is 6.61 Å². The highest BCUT2D eigenvalue weighted by Crippen LogP contribution is 2.30. The first-order valence-electron chi connectivity index (χ1n) is 9.38. The average Bonchev–Trinajstić information content (AvgIpc) is 2.67. The summed E-state index contributed by atoms with van der Waals surface area (Å²) in [6, 6.07) is 0. The van der Waals surface area contributed by atoms with Gasteiger partial charge in [0.15, 0.2) is 0 Å². The molecule has 5 atom stereocenters. The smallest absolute Gasteiger partial charge is 0.394 e. The average molecular weight is 478 g/mol. The molecule has 1 aliphatic rings. The van der Waals surface area contributed by atoms with Crippen molar-refractivity contribution in [1.82, 2.24) is 0 Å². The van der Waals surface area contributed by atoms with Crippen LogP contribution in [0.2, 0.25) is 0 Å². The number of unbranched alkanes of at least 4 members (excludes halogenated alkanes) is 5. The van der Waals surface area contributed by atoms with Crippen LogP contribution in [0, 0.1) is 0 Å². The lowest BCUT2D eigenvalue weighted by Gasteiger charge is -2.39. The van der Waals surface area contributed by atoms with Crippen molar-refractivity contribution in [2.24, 2.45) is 5.16 Å². The molecule has 0 unspecified atom stereocenters. The Labute approximate surface area is 180 Å². The van der Waals surface area contributed by atoms with E-state index in [2.05, 4.69) is 15.7 Å². The first-order valence-corrected chi connectivity index (χ1v) is 13.0. The molecule has 0 aliphatic carbocycles. The minimum Gasteiger partial charge on any atom is -0.394 e. The highest BCUT2D eigenvalue weighted by molar-refractivity contribution is 8.14. The Hall–Kier alpha value is -0.120. The fraction of sp³-hybridized carbons (Fsp3) is 0.938. The molecule has 0 radical (unpaired) electrons. The topological polar surface area (TPSA) is 166 Å². The maximum Gasteiger partial charge on any atom is 0.466 e. The summed E-state index contributed by atoms with van der Waals surface area (Å²) < 4.78 is 39.8. The number of aliphatic hydroxyl groups excluding tert-OH is 4. The summed E-state index contributed by atoms with van der Waals surface area (Å²) in [6.45, 7) is -0.577. The molecule has 0 spiro atoms. The van der Waals surface area contributed by atoms with Gasteiger partial charge in [-0.1, -0.05) is 42.6 Å². The highest BCUT2D eigenvalue weighted by Gasteiger charge is 2.44. The van der Waals surface area contributed by atoms with Crippen molar-refractivity contribution in [3.8, 4) is 0 Å². The summed E-state index contributed by atoms with van der Waals surface area (Å²) in [7, 11) is -4.79. The summed E-state index contributed by atoms with van der Waals surface area (Å²) in [6.07, 6.45) is 2.70. The molecule has 0 bridgehead atoms. The molecule has 0 aromatic carbocycles. The van der Waals surface area contributed by atoms with Gasteiger partial charge in [-0.05, 0) is 31.3 Å². The van der Waals surface area contributed by atoms with Gasteiger partial charge in [-0.2, -0.15) is 20.2 Å². The van der Waals surface area contributed by atoms with E-state index < -0.39 is 46.9 Å². The van der Waals surface area contributed by atoms with Gasteiger partial charge in [0.25, 0.3) is 0 Å². The molecule has 1 heterocycles. The van der Waals surface area contributed by atoms with Crippen LogP contribution in [0.3, 0.4) is 0 Å². The van der Waals surface area contributed by atoms with Gasteiger partial charge in [-0.15, -0.1) is 0 Å². The quantitative estimate of drug-likeness (QED) is 0.0835. The summed E-state index contributed by atoms with van der Waals surface area (Å²) in [5, 5.41) is 42.6. The van der Waals surface area contributed by atoms with E-state index in [9.17, 15) is 28.8 Å². The predicted octanol–water partition coefficient (Wildman–Crippen LogP) is 0.746. The van der Waals surface area contributed by atoms with Crippen LogP contribution in [0.4, 0.5) is 0 Å². The fourth-order valence-corrected chi connectivity index (χ4v) is 4.58. The number of hydrogen-bond acceptors (Lipinski definition) is 11. The minimum absolute atomic E-state index is 0.134. The van der Waals surface area contributed by atoms with Crippen LogP contribution in [-0.2, 0) is 19.4 Å². The van der Waals surface area contributed by atoms with Crippen molar-refractivity contribution >= 4 is 39.0 Å². The van der Waals surface area contributed by atoms with Crippen molar-refractivity contribution < 1.29 is 42.4 Å². The standard InChI is InChI=1S/C16H31NO9S3/c1-27-9-7-5-3-2-4-6-8-12(17-26-29(22,23)24)28-16-15(21)14(20)13(19)11(10-18)25-16/h11,13-16,18-21H,2-10H2,1H3,(H,22,23,24)/b17-12+/t11-,13-,14-,15-,16+/m1/s1. The van der Waals surface area contributed by atoms with Gasteiger partial charge in [0, 0.05) is 0 Å². The maximum atomic E-state index is 10.8. The monoisotopic (exact) mass is 477 g/mol. The summed E-state index contributed by atoms with van der Waals surface area (Å²) in [5.41, 5.74) is -1.11. The first kappa shape index (κ1) is 26.9. The van der Waals surface area contributed by atoms with E-state index >= 15 is 0 Å². The van der Waals surface area contributed by atoms with Gasteiger partial charge < -0.3 is 25.2 Å². The second-order valence-electron chi connectivity index (χ2n) is 6.67. The molecule has 1 fully saturated rings. The Balaban J connectivity index is 2.61. The Bertz CT molecular complexity index is 588. The zero-order valence-corrected chi connectivity index (χ0v) is 18.7. The lowest BCUT2D eigenvalue weighted by atomic mass is 10.0. The zero-order chi connectivity index (χ0) is 21.9. The van der Waals surface area contributed by atoms with Crippen LogP contribution >= 0.6 is 23.5 Å². The molecule has 13 heteroatoms. The molecule has 0 amide bonds. The normalized spacial score (nSPS) is 28.5. The predicted molar refractivity (Wildman–Crippen MR) is 112 cm³/mol. The Morgan fingerprint density at radius 3 is 2.24 bits per heavy atom. The van der Waals surface area contributed by atoms with Crippen LogP contribution in [0.5, 0.6) is 0 Å². The third kappa shape index (κ3) is 10.6. The molecule has 0 aromatic heterocycles. The molecular formula is C16H31NO9S3. The lowest BCUT2D eigenvalue weighted by Crippen LogP contribution is -2.57. The molecular weight excluding hydrogens is 446 g/mol. The third-order valence-corrected chi connectivity index (χ3v) is 6.46. The summed E-state index contributed by atoms with van der Waals surface area (Å²) in [5.74, 6) is 1.14. The molecule has 5 N–H and O–H groups in total. The zero-order valence-electron chi connectivity index (χ0n) is 16.3. The Morgan fingerprint density at radius 2 is 1.66 bits per heavy atom. The second-order valence-corrected chi connectivity index (χ2v) is 9.83. The first-order chi connectivity index (χ1) is 13.7. The lowest BCUT2D eigenvalue weighted by molar-refractivity contribution is -0.205. The number of hydrogen-bond donors (Lipinski definition) is 5. The molecule has 172 valence electrons. The Kier molecular flexibility index (Phi) is 13.0. The minimum atomic E-state index is -4.79. The van der Waals surface area contributed by atoms with Crippen molar-refractivity contribution in [3.05, 3.63) is 0 Å². The van der Waals surface area contributed by atoms with Crippen LogP contribution < -0.4 is 0 Å². The molecule has 0 saturated carbocycles. The summed E-state index contributed by atoms with van der Waals surface area (Å²) >= 11 is 2.62. The SMILES string of the molecule is CSCCCCCCCC/C(=N\OS(=O)(=O)O)S[C@@H]1O[C@H](CO)[C@@H](O)[C@@H](O)[C@H]1O. The number of aliphatic hydroxyl groups is 4. The van der Waals surface area contributed by atoms with Crippen LogP contribution in [0.15, 0.2) is 5.16 Å². The fourth-order valence-electron chi connectivity index (χ4n) is 2.74. The van der Waals surface area contributed by atoms with Crippen molar-refractivity contribution in [3.63, 3.8) is 0 Å². The van der Waals surface area contributed by atoms with E-state index in [0.29, 0.717) is 12.8 Å². The van der Waals surface area contributed by atoms with E-state index in [1.54, 1.807) is 0 Å². The van der Waals surface area contributed by atoms with E-state index in [-0.39, 0.29) is 5.04 Å². The molecule has 1 rings (SSSR count). The largest absolute Gasteiger partial charge is 0.466 e. The third-order valence-electron chi connectivity index (χ3n) is 4.32. The van der Waals surface area contributed by atoms with Crippen LogP contribution in [-0.4, -0.2) is 86.9 Å². The number of thioether (sulfide) groups is 2. The molecule has 1 saturated heterocycles. The molecule has 10 nitrogen and oxygen atoms in total. The van der Waals surface area contributed by atoms with Crippen molar-refractivity contribution in [2.45, 2.75) is 74.8 Å². The molecule has 29 heavy (non-hydrogen) atoms. The van der Waals surface area contributed by atoms with Gasteiger partial charge >= 0.3 is 10.4 Å². The number of rotatable bonds is 13. The van der Waals surface area contributed by atoms with Gasteiger partial charge in [0.1, 0.15) is 34.9 Å². The molecule has 1 aliphatic heterocycles. The van der Waals surface area contributed by atoms with E-state index in [4.69, 9.17) is 9.29 Å². The second kappa shape index (κ2) is 14.0. The number of oxime groups is 1. The number of nitrogens with zero attached hydrogens (tertiary/aromatic N) is 1. The van der Waals surface area contributed by atoms with Gasteiger partial charge in [-0.3, -0.25) is 4.55 Å². The number of ether oxygens (including phenoxy) is 1. The highest BCUT2D eigenvalue weighted by atomic mass is 32.3. The Morgan fingerprint density at radius 1 is 1.03 bits per heavy atom. The van der Waals surface area contributed by atoms with Crippen molar-refractivity contribution in [2.75, 3.05) is 18.6 Å². The van der Waals surface area contributed by atoms with Gasteiger partial charge in [-0.25, -0.2) is 4.28 Å². The van der Waals surface area contributed by atoms with Crippen LogP contribution in [0.25, 0.3) is 0 Å². The van der Waals surface area contributed by atoms with E-state index in [1.807, 2.05) is 11.8 Å². The summed E-state index contributed by atoms with van der Waals surface area (Å²) in [4.78, 5) is 0. The molecule has 0 aromatic rings. The van der Waals surface area contributed by atoms with Crippen LogP contribution in [0.1, 0.15) is 44.9 Å². The van der Waals surface area contributed by atoms with E-state index in [0.717, 1.165) is 43.2 Å². The van der Waals surface area contributed by atoms with Crippen molar-refractivity contribution in [1.29, 1.82) is 0 Å². The van der Waals surface area contributed by atoms with Gasteiger partial charge in [0.2, 0.25) is 0 Å². The van der Waals surface area contributed by atoms with E-state index in [1.165, 1.54) is 6.42 Å².